The second kappa shape index (κ2) is 3.97. The molecule has 0 aromatic heterocycles. The minimum Gasteiger partial charge on any atom is -0.330 e. The quantitative estimate of drug-likeness (QED) is 0.799. The van der Waals surface area contributed by atoms with Gasteiger partial charge in [0.15, 0.2) is 0 Å². The van der Waals surface area contributed by atoms with Crippen LogP contribution in [-0.2, 0) is 6.42 Å². The van der Waals surface area contributed by atoms with Gasteiger partial charge >= 0.3 is 0 Å². The topological polar surface area (TPSA) is 26.0 Å². The minimum absolute atomic E-state index is 0.227. The Balaban J connectivity index is 2.20. The second-order valence-corrected chi connectivity index (χ2v) is 5.52. The molecule has 0 saturated heterocycles. The van der Waals surface area contributed by atoms with Crippen molar-refractivity contribution in [2.24, 2.45) is 11.1 Å². The lowest BCUT2D eigenvalue weighted by molar-refractivity contribution is 0.375. The molecule has 0 atom stereocenters. The maximum atomic E-state index is 5.80. The maximum Gasteiger partial charge on any atom is -0.00226 e. The van der Waals surface area contributed by atoms with Crippen LogP contribution in [0.2, 0.25) is 0 Å². The van der Waals surface area contributed by atoms with Crippen molar-refractivity contribution in [2.75, 3.05) is 6.54 Å². The first-order valence-corrected chi connectivity index (χ1v) is 5.90. The van der Waals surface area contributed by atoms with Gasteiger partial charge in [0.25, 0.3) is 0 Å². The lowest BCUT2D eigenvalue weighted by atomic mass is 9.83. The lowest BCUT2D eigenvalue weighted by Crippen LogP contribution is -2.26. The highest BCUT2D eigenvalue weighted by molar-refractivity contribution is 5.33. The molecule has 2 rings (SSSR count). The van der Waals surface area contributed by atoms with Gasteiger partial charge in [-0.25, -0.2) is 0 Å². The van der Waals surface area contributed by atoms with Gasteiger partial charge in [-0.05, 0) is 48.3 Å². The first kappa shape index (κ1) is 10.7. The van der Waals surface area contributed by atoms with Crippen LogP contribution in [0.3, 0.4) is 0 Å². The standard InChI is InChI=1S/C14H21N/c1-14(2,10-15)9-12-5-3-4-6-13(12)11-7-8-11/h3-6,11H,7-10,15H2,1-2H3. The molecule has 82 valence electrons. The van der Waals surface area contributed by atoms with Crippen molar-refractivity contribution in [1.82, 2.24) is 0 Å². The third-order valence-corrected chi connectivity index (χ3v) is 3.29. The number of nitrogens with two attached hydrogens (primary N) is 1. The summed E-state index contributed by atoms with van der Waals surface area (Å²) in [5.41, 5.74) is 9.10. The van der Waals surface area contributed by atoms with E-state index in [1.54, 1.807) is 5.56 Å². The van der Waals surface area contributed by atoms with Crippen LogP contribution >= 0.6 is 0 Å². The van der Waals surface area contributed by atoms with E-state index < -0.39 is 0 Å². The summed E-state index contributed by atoms with van der Waals surface area (Å²) < 4.78 is 0. The summed E-state index contributed by atoms with van der Waals surface area (Å²) >= 11 is 0. The molecule has 1 fully saturated rings. The molecule has 0 heterocycles. The predicted octanol–water partition coefficient (Wildman–Crippen LogP) is 3.09. The molecule has 1 aromatic rings. The van der Waals surface area contributed by atoms with Crippen LogP contribution in [0.15, 0.2) is 24.3 Å². The van der Waals surface area contributed by atoms with Crippen molar-refractivity contribution in [3.63, 3.8) is 0 Å². The van der Waals surface area contributed by atoms with E-state index in [-0.39, 0.29) is 5.41 Å². The number of rotatable bonds is 4. The Labute approximate surface area is 92.7 Å². The molecule has 2 N–H and O–H groups in total. The van der Waals surface area contributed by atoms with Gasteiger partial charge in [-0.15, -0.1) is 0 Å². The molecule has 0 spiro atoms. The molecule has 0 amide bonds. The van der Waals surface area contributed by atoms with Crippen molar-refractivity contribution in [1.29, 1.82) is 0 Å². The van der Waals surface area contributed by atoms with E-state index in [0.717, 1.165) is 18.9 Å². The average Bonchev–Trinajstić information content (AvgIpc) is 3.02. The predicted molar refractivity (Wildman–Crippen MR) is 65.0 cm³/mol. The summed E-state index contributed by atoms with van der Waals surface area (Å²) in [5, 5.41) is 0. The summed E-state index contributed by atoms with van der Waals surface area (Å²) in [6, 6.07) is 8.87. The zero-order valence-electron chi connectivity index (χ0n) is 9.79. The molecule has 1 saturated carbocycles. The van der Waals surface area contributed by atoms with Crippen LogP contribution < -0.4 is 5.73 Å². The van der Waals surface area contributed by atoms with E-state index in [2.05, 4.69) is 38.1 Å². The normalized spacial score (nSPS) is 16.7. The van der Waals surface area contributed by atoms with E-state index in [1.807, 2.05) is 0 Å². The largest absolute Gasteiger partial charge is 0.330 e. The molecule has 1 aliphatic carbocycles. The van der Waals surface area contributed by atoms with Gasteiger partial charge < -0.3 is 5.73 Å². The van der Waals surface area contributed by atoms with Gasteiger partial charge in [0.05, 0.1) is 0 Å². The van der Waals surface area contributed by atoms with Gasteiger partial charge in [-0.1, -0.05) is 38.1 Å². The average molecular weight is 203 g/mol. The zero-order valence-corrected chi connectivity index (χ0v) is 9.79. The van der Waals surface area contributed by atoms with Crippen LogP contribution in [0.25, 0.3) is 0 Å². The Hall–Kier alpha value is -0.820. The fraction of sp³-hybridized carbons (Fsp3) is 0.571. The number of benzene rings is 1. The Morgan fingerprint density at radius 1 is 1.27 bits per heavy atom. The summed E-state index contributed by atoms with van der Waals surface area (Å²) in [6.07, 6.45) is 3.86. The summed E-state index contributed by atoms with van der Waals surface area (Å²) in [4.78, 5) is 0. The van der Waals surface area contributed by atoms with Crippen molar-refractivity contribution in [3.05, 3.63) is 35.4 Å². The van der Waals surface area contributed by atoms with Crippen LogP contribution in [0.5, 0.6) is 0 Å². The zero-order chi connectivity index (χ0) is 10.9. The molecular formula is C14H21N. The van der Waals surface area contributed by atoms with Crippen molar-refractivity contribution in [2.45, 2.75) is 39.0 Å². The van der Waals surface area contributed by atoms with Crippen LogP contribution in [0, 0.1) is 5.41 Å². The van der Waals surface area contributed by atoms with E-state index in [1.165, 1.54) is 18.4 Å². The first-order valence-electron chi connectivity index (χ1n) is 5.90. The van der Waals surface area contributed by atoms with Gasteiger partial charge in [0, 0.05) is 0 Å². The molecule has 0 bridgehead atoms. The summed E-state index contributed by atoms with van der Waals surface area (Å²) in [7, 11) is 0. The third kappa shape index (κ3) is 2.60. The lowest BCUT2D eigenvalue weighted by Gasteiger charge is -2.23. The van der Waals surface area contributed by atoms with Crippen molar-refractivity contribution in [3.8, 4) is 0 Å². The molecule has 1 aromatic carbocycles. The third-order valence-electron chi connectivity index (χ3n) is 3.29. The van der Waals surface area contributed by atoms with E-state index in [0.29, 0.717) is 0 Å². The SMILES string of the molecule is CC(C)(CN)Cc1ccccc1C1CC1. The first-order chi connectivity index (χ1) is 7.12. The molecular weight excluding hydrogens is 182 g/mol. The Morgan fingerprint density at radius 3 is 2.53 bits per heavy atom. The highest BCUT2D eigenvalue weighted by atomic mass is 14.6. The van der Waals surface area contributed by atoms with Gasteiger partial charge in [0.2, 0.25) is 0 Å². The highest BCUT2D eigenvalue weighted by Gasteiger charge is 2.27. The molecule has 1 aliphatic rings. The molecule has 1 nitrogen and oxygen atoms in total. The van der Waals surface area contributed by atoms with Gasteiger partial charge in [0.1, 0.15) is 0 Å². The summed E-state index contributed by atoms with van der Waals surface area (Å²) in [6.45, 7) is 5.25. The van der Waals surface area contributed by atoms with Crippen molar-refractivity contribution >= 4 is 0 Å². The minimum atomic E-state index is 0.227. The van der Waals surface area contributed by atoms with E-state index >= 15 is 0 Å². The monoisotopic (exact) mass is 203 g/mol. The van der Waals surface area contributed by atoms with E-state index in [9.17, 15) is 0 Å². The van der Waals surface area contributed by atoms with Gasteiger partial charge in [-0.2, -0.15) is 0 Å². The van der Waals surface area contributed by atoms with Crippen LogP contribution in [-0.4, -0.2) is 6.54 Å². The molecule has 0 unspecified atom stereocenters. The van der Waals surface area contributed by atoms with Crippen LogP contribution in [0.1, 0.15) is 43.7 Å². The fourth-order valence-electron chi connectivity index (χ4n) is 2.08. The number of hydrogen-bond acceptors (Lipinski definition) is 1. The molecule has 0 aliphatic heterocycles. The maximum absolute atomic E-state index is 5.80. The summed E-state index contributed by atoms with van der Waals surface area (Å²) in [5.74, 6) is 0.842. The van der Waals surface area contributed by atoms with Gasteiger partial charge in [-0.3, -0.25) is 0 Å². The fourth-order valence-corrected chi connectivity index (χ4v) is 2.08. The van der Waals surface area contributed by atoms with Crippen LogP contribution in [0.4, 0.5) is 0 Å². The molecule has 15 heavy (non-hydrogen) atoms. The smallest absolute Gasteiger partial charge is 0.00226 e. The van der Waals surface area contributed by atoms with E-state index in [4.69, 9.17) is 5.73 Å². The number of hydrogen-bond donors (Lipinski definition) is 1. The Morgan fingerprint density at radius 2 is 1.93 bits per heavy atom. The Bertz CT molecular complexity index is 337. The second-order valence-electron chi connectivity index (χ2n) is 5.52. The molecule has 1 heteroatoms. The molecule has 0 radical (unpaired) electrons. The highest BCUT2D eigenvalue weighted by Crippen LogP contribution is 2.42. The van der Waals surface area contributed by atoms with Crippen molar-refractivity contribution < 1.29 is 0 Å². The Kier molecular flexibility index (Phi) is 2.83.